The van der Waals surface area contributed by atoms with Crippen molar-refractivity contribution in [3.63, 3.8) is 0 Å². The molecule has 0 aliphatic rings. The number of hydrogen-bond donors (Lipinski definition) is 2. The number of halogens is 2. The molecule has 0 aromatic heterocycles. The Morgan fingerprint density at radius 1 is 1.11 bits per heavy atom. The molecule has 2 rings (SSSR count). The molecule has 3 N–H and O–H groups in total. The van der Waals surface area contributed by atoms with Crippen molar-refractivity contribution in [3.05, 3.63) is 62.5 Å². The molecule has 4 heteroatoms. The van der Waals surface area contributed by atoms with Crippen molar-refractivity contribution in [2.75, 3.05) is 11.9 Å². The summed E-state index contributed by atoms with van der Waals surface area (Å²) in [7, 11) is 0. The summed E-state index contributed by atoms with van der Waals surface area (Å²) in [4.78, 5) is 0. The van der Waals surface area contributed by atoms with Crippen molar-refractivity contribution in [2.45, 2.75) is 13.0 Å². The monoisotopic (exact) mass is 382 g/mol. The van der Waals surface area contributed by atoms with Gasteiger partial charge in [0.25, 0.3) is 0 Å². The molecule has 0 bridgehead atoms. The van der Waals surface area contributed by atoms with Crippen LogP contribution in [0.1, 0.15) is 17.2 Å². The van der Waals surface area contributed by atoms with Gasteiger partial charge in [0.1, 0.15) is 0 Å². The highest BCUT2D eigenvalue weighted by Crippen LogP contribution is 2.25. The van der Waals surface area contributed by atoms with Gasteiger partial charge in [-0.2, -0.15) is 0 Å². The van der Waals surface area contributed by atoms with Crippen LogP contribution < -0.4 is 11.1 Å². The average molecular weight is 384 g/mol. The van der Waals surface area contributed by atoms with E-state index < -0.39 is 0 Å². The van der Waals surface area contributed by atoms with Gasteiger partial charge in [-0.25, -0.2) is 0 Å². The van der Waals surface area contributed by atoms with Crippen molar-refractivity contribution < 1.29 is 0 Å². The van der Waals surface area contributed by atoms with Gasteiger partial charge in [0.05, 0.1) is 6.04 Å². The van der Waals surface area contributed by atoms with Crippen LogP contribution in [0.5, 0.6) is 0 Å². The van der Waals surface area contributed by atoms with Crippen LogP contribution in [0.2, 0.25) is 0 Å². The minimum atomic E-state index is 0.109. The van der Waals surface area contributed by atoms with Crippen LogP contribution in [-0.4, -0.2) is 6.54 Å². The van der Waals surface area contributed by atoms with E-state index in [1.54, 1.807) is 0 Å². The van der Waals surface area contributed by atoms with Gasteiger partial charge in [0.2, 0.25) is 0 Å². The summed E-state index contributed by atoms with van der Waals surface area (Å²) >= 11 is 7.00. The molecule has 2 aromatic carbocycles. The minimum absolute atomic E-state index is 0.109. The van der Waals surface area contributed by atoms with Crippen molar-refractivity contribution in [3.8, 4) is 0 Å². The predicted molar refractivity (Wildman–Crippen MR) is 88.4 cm³/mol. The van der Waals surface area contributed by atoms with E-state index in [0.717, 1.165) is 14.6 Å². The van der Waals surface area contributed by atoms with E-state index in [0.29, 0.717) is 6.54 Å². The van der Waals surface area contributed by atoms with Crippen molar-refractivity contribution in [1.82, 2.24) is 0 Å². The highest BCUT2D eigenvalue weighted by atomic mass is 79.9. The van der Waals surface area contributed by atoms with Gasteiger partial charge >= 0.3 is 0 Å². The maximum absolute atomic E-state index is 5.88. The lowest BCUT2D eigenvalue weighted by Crippen LogP contribution is -2.20. The summed E-state index contributed by atoms with van der Waals surface area (Å²) in [6.45, 7) is 2.62. The predicted octanol–water partition coefficient (Wildman–Crippen LogP) is 4.63. The summed E-state index contributed by atoms with van der Waals surface area (Å²) < 4.78 is 2.18. The van der Waals surface area contributed by atoms with Crippen LogP contribution in [0.4, 0.5) is 5.69 Å². The second-order valence-corrected chi connectivity index (χ2v) is 6.22. The molecule has 0 saturated carbocycles. The first-order valence-electron chi connectivity index (χ1n) is 6.08. The Morgan fingerprint density at radius 2 is 1.79 bits per heavy atom. The zero-order valence-corrected chi connectivity index (χ0v) is 13.8. The van der Waals surface area contributed by atoms with Crippen LogP contribution in [0.15, 0.2) is 51.4 Å². The zero-order chi connectivity index (χ0) is 13.8. The second-order valence-electron chi connectivity index (χ2n) is 4.45. The van der Waals surface area contributed by atoms with E-state index in [-0.39, 0.29) is 6.04 Å². The Kier molecular flexibility index (Phi) is 5.02. The molecular weight excluding hydrogens is 368 g/mol. The van der Waals surface area contributed by atoms with Crippen molar-refractivity contribution >= 4 is 37.5 Å². The van der Waals surface area contributed by atoms with E-state index >= 15 is 0 Å². The summed E-state index contributed by atoms with van der Waals surface area (Å²) in [6, 6.07) is 14.6. The fraction of sp³-hybridized carbons (Fsp3) is 0.200. The third-order valence-electron chi connectivity index (χ3n) is 3.02. The molecule has 0 saturated heterocycles. The lowest BCUT2D eigenvalue weighted by molar-refractivity contribution is 0.789. The molecule has 0 aliphatic carbocycles. The third-order valence-corrected chi connectivity index (χ3v) is 4.40. The highest BCUT2D eigenvalue weighted by Gasteiger charge is 2.10. The normalized spacial score (nSPS) is 12.2. The van der Waals surface area contributed by atoms with Crippen molar-refractivity contribution in [1.29, 1.82) is 0 Å². The molecule has 0 heterocycles. The Balaban J connectivity index is 2.19. The van der Waals surface area contributed by atoms with Gasteiger partial charge in [0, 0.05) is 21.2 Å². The fourth-order valence-electron chi connectivity index (χ4n) is 1.85. The molecular formula is C15H16Br2N2. The fourth-order valence-corrected chi connectivity index (χ4v) is 2.51. The summed E-state index contributed by atoms with van der Waals surface area (Å²) in [5.74, 6) is 0. The van der Waals surface area contributed by atoms with E-state index in [9.17, 15) is 0 Å². The Hall–Kier alpha value is -0.840. The van der Waals surface area contributed by atoms with E-state index in [4.69, 9.17) is 5.73 Å². The maximum Gasteiger partial charge on any atom is 0.0636 e. The topological polar surface area (TPSA) is 38.0 Å². The number of aryl methyl sites for hydroxylation is 1. The van der Waals surface area contributed by atoms with E-state index in [1.807, 2.05) is 24.3 Å². The maximum atomic E-state index is 5.88. The van der Waals surface area contributed by atoms with Gasteiger partial charge in [0.15, 0.2) is 0 Å². The number of benzene rings is 2. The molecule has 0 radical (unpaired) electrons. The molecule has 100 valence electrons. The average Bonchev–Trinajstić information content (AvgIpc) is 2.41. The molecule has 2 aromatic rings. The molecule has 0 spiro atoms. The SMILES string of the molecule is Cc1ccc(C(CN)Nc2ccc(Br)cc2)cc1Br. The van der Waals surface area contributed by atoms with E-state index in [2.05, 4.69) is 62.3 Å². The first-order chi connectivity index (χ1) is 9.10. The zero-order valence-electron chi connectivity index (χ0n) is 10.7. The van der Waals surface area contributed by atoms with Crippen LogP contribution >= 0.6 is 31.9 Å². The third kappa shape index (κ3) is 3.81. The number of hydrogen-bond acceptors (Lipinski definition) is 2. The molecule has 2 nitrogen and oxygen atoms in total. The summed E-state index contributed by atoms with van der Waals surface area (Å²) in [5, 5.41) is 3.45. The Bertz CT molecular complexity index is 553. The Labute approximate surface area is 130 Å². The first kappa shape index (κ1) is 14.6. The van der Waals surface area contributed by atoms with Gasteiger partial charge < -0.3 is 11.1 Å². The smallest absolute Gasteiger partial charge is 0.0636 e. The van der Waals surface area contributed by atoms with Crippen molar-refractivity contribution in [2.24, 2.45) is 5.73 Å². The molecule has 0 aliphatic heterocycles. The number of anilines is 1. The molecule has 0 fully saturated rings. The lowest BCUT2D eigenvalue weighted by Gasteiger charge is -2.19. The lowest BCUT2D eigenvalue weighted by atomic mass is 10.0. The molecule has 0 amide bonds. The van der Waals surface area contributed by atoms with Gasteiger partial charge in [-0.1, -0.05) is 44.0 Å². The quantitative estimate of drug-likeness (QED) is 0.807. The minimum Gasteiger partial charge on any atom is -0.377 e. The molecule has 1 atom stereocenters. The number of rotatable bonds is 4. The second kappa shape index (κ2) is 6.55. The summed E-state index contributed by atoms with van der Waals surface area (Å²) in [5.41, 5.74) is 9.36. The Morgan fingerprint density at radius 3 is 2.37 bits per heavy atom. The molecule has 19 heavy (non-hydrogen) atoms. The van der Waals surface area contributed by atoms with Crippen LogP contribution in [0.3, 0.4) is 0 Å². The van der Waals surface area contributed by atoms with Gasteiger partial charge in [-0.15, -0.1) is 0 Å². The summed E-state index contributed by atoms with van der Waals surface area (Å²) in [6.07, 6.45) is 0. The highest BCUT2D eigenvalue weighted by molar-refractivity contribution is 9.10. The number of nitrogens with one attached hydrogen (secondary N) is 1. The van der Waals surface area contributed by atoms with Crippen LogP contribution in [-0.2, 0) is 0 Å². The van der Waals surface area contributed by atoms with Crippen LogP contribution in [0, 0.1) is 6.92 Å². The van der Waals surface area contributed by atoms with E-state index in [1.165, 1.54) is 11.1 Å². The largest absolute Gasteiger partial charge is 0.377 e. The number of nitrogens with two attached hydrogens (primary N) is 1. The van der Waals surface area contributed by atoms with Gasteiger partial charge in [-0.05, 0) is 48.4 Å². The first-order valence-corrected chi connectivity index (χ1v) is 7.67. The standard InChI is InChI=1S/C15H16Br2N2/c1-10-2-3-11(8-14(10)17)15(9-18)19-13-6-4-12(16)5-7-13/h2-8,15,19H,9,18H2,1H3. The van der Waals surface area contributed by atoms with Gasteiger partial charge in [-0.3, -0.25) is 0 Å². The molecule has 1 unspecified atom stereocenters. The van der Waals surface area contributed by atoms with Crippen LogP contribution in [0.25, 0.3) is 0 Å².